The average molecular weight is 222 g/mol. The van der Waals surface area contributed by atoms with Crippen molar-refractivity contribution in [2.24, 2.45) is 5.73 Å². The molecule has 0 aromatic heterocycles. The summed E-state index contributed by atoms with van der Waals surface area (Å²) in [4.78, 5) is 0.555. The topological polar surface area (TPSA) is 38.0 Å². The number of anilines is 1. The van der Waals surface area contributed by atoms with Gasteiger partial charge in [-0.15, -0.1) is 0 Å². The molecule has 82 valence electrons. The number of nitrogens with one attached hydrogen (secondary N) is 1. The van der Waals surface area contributed by atoms with E-state index in [2.05, 4.69) is 44.3 Å². The monoisotopic (exact) mass is 222 g/mol. The summed E-state index contributed by atoms with van der Waals surface area (Å²) in [7, 11) is 0. The number of nitrogens with two attached hydrogens (primary N) is 1. The fourth-order valence-electron chi connectivity index (χ4n) is 1.70. The van der Waals surface area contributed by atoms with Crippen LogP contribution in [0.5, 0.6) is 0 Å². The van der Waals surface area contributed by atoms with E-state index >= 15 is 0 Å². The Balaban J connectivity index is 2.67. The lowest BCUT2D eigenvalue weighted by atomic mass is 10.1. The van der Waals surface area contributed by atoms with Gasteiger partial charge in [0.25, 0.3) is 0 Å². The predicted molar refractivity (Wildman–Crippen MR) is 70.4 cm³/mol. The average Bonchev–Trinajstić information content (AvgIpc) is 1.98. The van der Waals surface area contributed by atoms with Crippen LogP contribution in [0, 0.1) is 13.8 Å². The van der Waals surface area contributed by atoms with Crippen LogP contribution in [0.1, 0.15) is 24.5 Å². The van der Waals surface area contributed by atoms with E-state index in [9.17, 15) is 0 Å². The van der Waals surface area contributed by atoms with E-state index in [0.717, 1.165) is 12.1 Å². The molecule has 2 nitrogen and oxygen atoms in total. The minimum Gasteiger partial charge on any atom is -0.393 e. The summed E-state index contributed by atoms with van der Waals surface area (Å²) < 4.78 is 0. The van der Waals surface area contributed by atoms with Gasteiger partial charge in [-0.25, -0.2) is 0 Å². The molecule has 1 unspecified atom stereocenters. The molecular weight excluding hydrogens is 204 g/mol. The first-order valence-corrected chi connectivity index (χ1v) is 5.51. The molecule has 0 aliphatic rings. The SMILES string of the molecule is Cc1cc(C)cc(NC(C)CC(N)=S)c1. The van der Waals surface area contributed by atoms with Crippen LogP contribution in [-0.4, -0.2) is 11.0 Å². The van der Waals surface area contributed by atoms with Gasteiger partial charge < -0.3 is 11.1 Å². The van der Waals surface area contributed by atoms with Crippen LogP contribution in [0.3, 0.4) is 0 Å². The first-order valence-electron chi connectivity index (χ1n) is 5.10. The molecule has 0 saturated heterocycles. The summed E-state index contributed by atoms with van der Waals surface area (Å²) in [6.07, 6.45) is 0.725. The fourth-order valence-corrected chi connectivity index (χ4v) is 1.95. The molecule has 1 aromatic rings. The molecule has 0 radical (unpaired) electrons. The number of hydrogen-bond acceptors (Lipinski definition) is 2. The molecule has 1 rings (SSSR count). The quantitative estimate of drug-likeness (QED) is 0.769. The lowest BCUT2D eigenvalue weighted by Gasteiger charge is -2.15. The molecule has 0 fully saturated rings. The van der Waals surface area contributed by atoms with Gasteiger partial charge in [-0.1, -0.05) is 18.3 Å². The lowest BCUT2D eigenvalue weighted by molar-refractivity contribution is 0.839. The van der Waals surface area contributed by atoms with Crippen molar-refractivity contribution >= 4 is 22.9 Å². The summed E-state index contributed by atoms with van der Waals surface area (Å²) in [6.45, 7) is 6.27. The minimum atomic E-state index is 0.281. The Morgan fingerprint density at radius 1 is 1.33 bits per heavy atom. The predicted octanol–water partition coefficient (Wildman–Crippen LogP) is 2.78. The number of thiocarbonyl (C=S) groups is 1. The molecule has 0 saturated carbocycles. The van der Waals surface area contributed by atoms with Gasteiger partial charge in [0, 0.05) is 18.2 Å². The molecule has 0 amide bonds. The zero-order chi connectivity index (χ0) is 11.4. The van der Waals surface area contributed by atoms with E-state index in [1.54, 1.807) is 0 Å². The van der Waals surface area contributed by atoms with Crippen molar-refractivity contribution in [2.75, 3.05) is 5.32 Å². The van der Waals surface area contributed by atoms with Gasteiger partial charge in [0.2, 0.25) is 0 Å². The van der Waals surface area contributed by atoms with Crippen molar-refractivity contribution in [3.63, 3.8) is 0 Å². The molecule has 15 heavy (non-hydrogen) atoms. The summed E-state index contributed by atoms with van der Waals surface area (Å²) in [5, 5.41) is 3.39. The van der Waals surface area contributed by atoms with Crippen LogP contribution in [0.15, 0.2) is 18.2 Å². The van der Waals surface area contributed by atoms with Crippen molar-refractivity contribution in [3.05, 3.63) is 29.3 Å². The van der Waals surface area contributed by atoms with Crippen molar-refractivity contribution < 1.29 is 0 Å². The van der Waals surface area contributed by atoms with Crippen LogP contribution in [0.4, 0.5) is 5.69 Å². The fraction of sp³-hybridized carbons (Fsp3) is 0.417. The third kappa shape index (κ3) is 4.30. The third-order valence-electron chi connectivity index (χ3n) is 2.14. The van der Waals surface area contributed by atoms with Gasteiger partial charge in [-0.2, -0.15) is 0 Å². The maximum Gasteiger partial charge on any atom is 0.0747 e. The van der Waals surface area contributed by atoms with Gasteiger partial charge in [0.05, 0.1) is 4.99 Å². The number of aryl methyl sites for hydroxylation is 2. The highest BCUT2D eigenvalue weighted by Gasteiger charge is 2.03. The van der Waals surface area contributed by atoms with Crippen LogP contribution < -0.4 is 11.1 Å². The number of benzene rings is 1. The molecule has 0 heterocycles. The van der Waals surface area contributed by atoms with Crippen LogP contribution >= 0.6 is 12.2 Å². The standard InChI is InChI=1S/C12H18N2S/c1-8-4-9(2)6-11(5-8)14-10(3)7-12(13)15/h4-6,10,14H,7H2,1-3H3,(H2,13,15). The van der Waals surface area contributed by atoms with E-state index in [0.29, 0.717) is 4.99 Å². The van der Waals surface area contributed by atoms with E-state index in [-0.39, 0.29) is 6.04 Å². The summed E-state index contributed by atoms with van der Waals surface area (Å²) in [6, 6.07) is 6.69. The highest BCUT2D eigenvalue weighted by atomic mass is 32.1. The molecule has 0 bridgehead atoms. The number of rotatable bonds is 4. The number of hydrogen-bond donors (Lipinski definition) is 2. The van der Waals surface area contributed by atoms with Crippen molar-refractivity contribution in [1.29, 1.82) is 0 Å². The van der Waals surface area contributed by atoms with Gasteiger partial charge >= 0.3 is 0 Å². The third-order valence-corrected chi connectivity index (χ3v) is 2.31. The van der Waals surface area contributed by atoms with Crippen LogP contribution in [0.25, 0.3) is 0 Å². The minimum absolute atomic E-state index is 0.281. The molecule has 1 aromatic carbocycles. The zero-order valence-electron chi connectivity index (χ0n) is 9.50. The highest BCUT2D eigenvalue weighted by molar-refractivity contribution is 7.80. The van der Waals surface area contributed by atoms with E-state index in [4.69, 9.17) is 18.0 Å². The summed E-state index contributed by atoms with van der Waals surface area (Å²) in [5.74, 6) is 0. The zero-order valence-corrected chi connectivity index (χ0v) is 10.3. The Bertz CT molecular complexity index is 340. The smallest absolute Gasteiger partial charge is 0.0747 e. The Labute approximate surface area is 96.9 Å². The van der Waals surface area contributed by atoms with Gasteiger partial charge in [-0.05, 0) is 44.0 Å². The first-order chi connectivity index (χ1) is 6.97. The van der Waals surface area contributed by atoms with Crippen LogP contribution in [-0.2, 0) is 0 Å². The lowest BCUT2D eigenvalue weighted by Crippen LogP contribution is -2.22. The van der Waals surface area contributed by atoms with Gasteiger partial charge in [0.15, 0.2) is 0 Å². The first kappa shape index (κ1) is 12.0. The largest absolute Gasteiger partial charge is 0.393 e. The Morgan fingerprint density at radius 2 is 1.87 bits per heavy atom. The molecule has 3 heteroatoms. The Hall–Kier alpha value is -1.09. The molecule has 0 aliphatic carbocycles. The Morgan fingerprint density at radius 3 is 2.33 bits per heavy atom. The molecule has 1 atom stereocenters. The maximum absolute atomic E-state index is 5.50. The van der Waals surface area contributed by atoms with E-state index < -0.39 is 0 Å². The maximum atomic E-state index is 5.50. The molecular formula is C12H18N2S. The van der Waals surface area contributed by atoms with Crippen molar-refractivity contribution in [3.8, 4) is 0 Å². The van der Waals surface area contributed by atoms with Gasteiger partial charge in [-0.3, -0.25) is 0 Å². The van der Waals surface area contributed by atoms with Gasteiger partial charge in [0.1, 0.15) is 0 Å². The Kier molecular flexibility index (Phi) is 4.09. The normalized spacial score (nSPS) is 12.2. The second kappa shape index (κ2) is 5.12. The second-order valence-electron chi connectivity index (χ2n) is 4.09. The van der Waals surface area contributed by atoms with Crippen molar-refractivity contribution in [2.45, 2.75) is 33.2 Å². The van der Waals surface area contributed by atoms with E-state index in [1.807, 2.05) is 0 Å². The highest BCUT2D eigenvalue weighted by Crippen LogP contribution is 2.15. The molecule has 0 aliphatic heterocycles. The van der Waals surface area contributed by atoms with Crippen molar-refractivity contribution in [1.82, 2.24) is 0 Å². The summed E-state index contributed by atoms with van der Waals surface area (Å²) in [5.41, 5.74) is 9.16. The molecule has 0 spiro atoms. The molecule has 3 N–H and O–H groups in total. The summed E-state index contributed by atoms with van der Waals surface area (Å²) >= 11 is 4.88. The van der Waals surface area contributed by atoms with E-state index in [1.165, 1.54) is 11.1 Å². The second-order valence-corrected chi connectivity index (χ2v) is 4.62. The van der Waals surface area contributed by atoms with Crippen LogP contribution in [0.2, 0.25) is 0 Å².